The van der Waals surface area contributed by atoms with Gasteiger partial charge in [0.25, 0.3) is 0 Å². The molecule has 0 bridgehead atoms. The van der Waals surface area contributed by atoms with Gasteiger partial charge in [0.2, 0.25) is 15.9 Å². The van der Waals surface area contributed by atoms with Crippen molar-refractivity contribution in [2.24, 2.45) is 5.92 Å². The standard InChI is InChI=1S/C17H26N2O3S/c1-3-14(2)13-23(21,22)18-16-8-6-7-15(11-16)12-19-10-5-4-9-17(19)20/h6-8,11,14,18H,3-5,9-10,12-13H2,1-2H3/t14-/m1/s1. The topological polar surface area (TPSA) is 66.5 Å². The molecule has 0 unspecified atom stereocenters. The number of carbonyl (C=O) groups is 1. The molecule has 0 saturated carbocycles. The van der Waals surface area contributed by atoms with E-state index in [1.54, 1.807) is 6.07 Å². The van der Waals surface area contributed by atoms with Crippen LogP contribution >= 0.6 is 0 Å². The molecule has 1 aromatic carbocycles. The van der Waals surface area contributed by atoms with Crippen LogP contribution in [-0.4, -0.2) is 31.5 Å². The molecule has 6 heteroatoms. The Balaban J connectivity index is 2.03. The minimum absolute atomic E-state index is 0.123. The van der Waals surface area contributed by atoms with Gasteiger partial charge in [-0.15, -0.1) is 0 Å². The second-order valence-corrected chi connectivity index (χ2v) is 8.14. The number of likely N-dealkylation sites (tertiary alicyclic amines) is 1. The first kappa shape index (κ1) is 17.8. The molecule has 2 rings (SSSR count). The zero-order valence-electron chi connectivity index (χ0n) is 13.9. The second kappa shape index (κ2) is 7.81. The molecular weight excluding hydrogens is 312 g/mol. The molecule has 0 radical (unpaired) electrons. The SMILES string of the molecule is CC[C@@H](C)CS(=O)(=O)Nc1cccc(CN2CCCCC2=O)c1. The largest absolute Gasteiger partial charge is 0.338 e. The lowest BCUT2D eigenvalue weighted by molar-refractivity contribution is -0.133. The van der Waals surface area contributed by atoms with Gasteiger partial charge in [-0.3, -0.25) is 9.52 Å². The molecule has 1 N–H and O–H groups in total. The zero-order valence-corrected chi connectivity index (χ0v) is 14.7. The predicted molar refractivity (Wildman–Crippen MR) is 92.6 cm³/mol. The molecule has 1 aliphatic heterocycles. The summed E-state index contributed by atoms with van der Waals surface area (Å²) in [7, 11) is -3.34. The summed E-state index contributed by atoms with van der Waals surface area (Å²) in [6, 6.07) is 7.31. The summed E-state index contributed by atoms with van der Waals surface area (Å²) in [5, 5.41) is 0. The van der Waals surface area contributed by atoms with Crippen LogP contribution in [0, 0.1) is 5.92 Å². The van der Waals surface area contributed by atoms with Gasteiger partial charge in [0.1, 0.15) is 0 Å². The number of nitrogens with zero attached hydrogens (tertiary/aromatic N) is 1. The van der Waals surface area contributed by atoms with Crippen LogP contribution in [0.1, 0.15) is 45.1 Å². The summed E-state index contributed by atoms with van der Waals surface area (Å²) in [6.07, 6.45) is 3.44. The monoisotopic (exact) mass is 338 g/mol. The second-order valence-electron chi connectivity index (χ2n) is 6.37. The molecule has 1 heterocycles. The van der Waals surface area contributed by atoms with E-state index in [2.05, 4.69) is 4.72 Å². The van der Waals surface area contributed by atoms with Crippen LogP contribution in [0.5, 0.6) is 0 Å². The van der Waals surface area contributed by atoms with Crippen molar-refractivity contribution in [1.29, 1.82) is 0 Å². The van der Waals surface area contributed by atoms with E-state index in [-0.39, 0.29) is 17.6 Å². The quantitative estimate of drug-likeness (QED) is 0.831. The van der Waals surface area contributed by atoms with E-state index >= 15 is 0 Å². The minimum atomic E-state index is -3.34. The van der Waals surface area contributed by atoms with Gasteiger partial charge in [0.05, 0.1) is 5.75 Å². The third kappa shape index (κ3) is 5.53. The average Bonchev–Trinajstić information content (AvgIpc) is 2.49. The Morgan fingerprint density at radius 3 is 2.78 bits per heavy atom. The number of benzene rings is 1. The summed E-state index contributed by atoms with van der Waals surface area (Å²) in [4.78, 5) is 13.7. The van der Waals surface area contributed by atoms with E-state index in [0.29, 0.717) is 18.7 Å². The van der Waals surface area contributed by atoms with Gasteiger partial charge in [0.15, 0.2) is 0 Å². The van der Waals surface area contributed by atoms with Gasteiger partial charge in [0, 0.05) is 25.2 Å². The summed E-state index contributed by atoms with van der Waals surface area (Å²) in [5.74, 6) is 0.430. The van der Waals surface area contributed by atoms with Crippen molar-refractivity contribution >= 4 is 21.6 Å². The highest BCUT2D eigenvalue weighted by atomic mass is 32.2. The number of anilines is 1. The maximum Gasteiger partial charge on any atom is 0.232 e. The van der Waals surface area contributed by atoms with E-state index in [1.165, 1.54) is 0 Å². The maximum absolute atomic E-state index is 12.1. The Kier molecular flexibility index (Phi) is 6.04. The van der Waals surface area contributed by atoms with Crippen molar-refractivity contribution in [1.82, 2.24) is 4.90 Å². The summed E-state index contributed by atoms with van der Waals surface area (Å²) in [6.45, 7) is 5.23. The van der Waals surface area contributed by atoms with Crippen LogP contribution in [0.4, 0.5) is 5.69 Å². The third-order valence-corrected chi connectivity index (χ3v) is 5.75. The minimum Gasteiger partial charge on any atom is -0.338 e. The molecule has 0 aromatic heterocycles. The van der Waals surface area contributed by atoms with Gasteiger partial charge < -0.3 is 4.90 Å². The molecule has 5 nitrogen and oxygen atoms in total. The highest BCUT2D eigenvalue weighted by Gasteiger charge is 2.18. The molecule has 1 saturated heterocycles. The van der Waals surface area contributed by atoms with Crippen molar-refractivity contribution in [3.63, 3.8) is 0 Å². The van der Waals surface area contributed by atoms with E-state index in [4.69, 9.17) is 0 Å². The number of nitrogens with one attached hydrogen (secondary N) is 1. The lowest BCUT2D eigenvalue weighted by Gasteiger charge is -2.26. The van der Waals surface area contributed by atoms with Crippen LogP contribution in [0.3, 0.4) is 0 Å². The summed E-state index contributed by atoms with van der Waals surface area (Å²) in [5.41, 5.74) is 1.51. The van der Waals surface area contributed by atoms with E-state index in [9.17, 15) is 13.2 Å². The average molecular weight is 338 g/mol. The van der Waals surface area contributed by atoms with Gasteiger partial charge in [-0.2, -0.15) is 0 Å². The lowest BCUT2D eigenvalue weighted by atomic mass is 10.1. The molecule has 0 spiro atoms. The fraction of sp³-hybridized carbons (Fsp3) is 0.588. The van der Waals surface area contributed by atoms with Crippen molar-refractivity contribution in [2.45, 2.75) is 46.1 Å². The van der Waals surface area contributed by atoms with Crippen molar-refractivity contribution in [3.05, 3.63) is 29.8 Å². The Morgan fingerprint density at radius 1 is 1.30 bits per heavy atom. The highest BCUT2D eigenvalue weighted by molar-refractivity contribution is 7.92. The Bertz CT molecular complexity index is 643. The van der Waals surface area contributed by atoms with Crippen LogP contribution in [0.2, 0.25) is 0 Å². The van der Waals surface area contributed by atoms with Crippen LogP contribution in [-0.2, 0) is 21.4 Å². The fourth-order valence-corrected chi connectivity index (χ4v) is 4.25. The van der Waals surface area contributed by atoms with Gasteiger partial charge >= 0.3 is 0 Å². The van der Waals surface area contributed by atoms with E-state index < -0.39 is 10.0 Å². The molecule has 1 atom stereocenters. The summed E-state index contributed by atoms with van der Waals surface area (Å²) < 4.78 is 26.9. The molecule has 1 amide bonds. The molecule has 0 aliphatic carbocycles. The predicted octanol–water partition coefficient (Wildman–Crippen LogP) is 2.99. The number of rotatable bonds is 7. The lowest BCUT2D eigenvalue weighted by Crippen LogP contribution is -2.34. The number of hydrogen-bond acceptors (Lipinski definition) is 3. The molecule has 1 aromatic rings. The molecule has 128 valence electrons. The van der Waals surface area contributed by atoms with Gasteiger partial charge in [-0.1, -0.05) is 32.4 Å². The Labute approximate surface area is 139 Å². The molecule has 1 fully saturated rings. The number of sulfonamides is 1. The molecule has 23 heavy (non-hydrogen) atoms. The smallest absolute Gasteiger partial charge is 0.232 e. The van der Waals surface area contributed by atoms with Crippen LogP contribution in [0.15, 0.2) is 24.3 Å². The Hall–Kier alpha value is -1.56. The van der Waals surface area contributed by atoms with Crippen LogP contribution < -0.4 is 4.72 Å². The number of hydrogen-bond donors (Lipinski definition) is 1. The third-order valence-electron chi connectivity index (χ3n) is 4.20. The zero-order chi connectivity index (χ0) is 16.9. The first-order valence-electron chi connectivity index (χ1n) is 8.27. The maximum atomic E-state index is 12.1. The number of carbonyl (C=O) groups excluding carboxylic acids is 1. The van der Waals surface area contributed by atoms with E-state index in [0.717, 1.165) is 31.4 Å². The molecular formula is C17H26N2O3S. The van der Waals surface area contributed by atoms with Crippen LogP contribution in [0.25, 0.3) is 0 Å². The normalized spacial score (nSPS) is 17.1. The number of piperidine rings is 1. The van der Waals surface area contributed by atoms with Crippen molar-refractivity contribution < 1.29 is 13.2 Å². The van der Waals surface area contributed by atoms with E-state index in [1.807, 2.05) is 36.9 Å². The highest BCUT2D eigenvalue weighted by Crippen LogP contribution is 2.18. The Morgan fingerprint density at radius 2 is 2.09 bits per heavy atom. The fourth-order valence-electron chi connectivity index (χ4n) is 2.70. The van der Waals surface area contributed by atoms with Crippen molar-refractivity contribution in [3.8, 4) is 0 Å². The summed E-state index contributed by atoms with van der Waals surface area (Å²) >= 11 is 0. The first-order chi connectivity index (χ1) is 10.9. The van der Waals surface area contributed by atoms with Gasteiger partial charge in [-0.05, 0) is 36.5 Å². The van der Waals surface area contributed by atoms with Crippen molar-refractivity contribution in [2.75, 3.05) is 17.0 Å². The first-order valence-corrected chi connectivity index (χ1v) is 9.92. The number of amides is 1. The van der Waals surface area contributed by atoms with Gasteiger partial charge in [-0.25, -0.2) is 8.42 Å². The molecule has 1 aliphatic rings.